The maximum Gasteiger partial charge on any atom is 0.274 e. The Morgan fingerprint density at radius 1 is 1.27 bits per heavy atom. The molecule has 0 bridgehead atoms. The number of fused-ring (bicyclic) bond motifs is 1. The second kappa shape index (κ2) is 8.68. The number of hydrogen-bond acceptors (Lipinski definition) is 7. The van der Waals surface area contributed by atoms with Crippen molar-refractivity contribution >= 4 is 28.4 Å². The van der Waals surface area contributed by atoms with E-state index < -0.39 is 0 Å². The number of hydrogen-bond donors (Lipinski definition) is 3. The van der Waals surface area contributed by atoms with Crippen molar-refractivity contribution in [3.8, 4) is 5.88 Å². The number of benzene rings is 1. The van der Waals surface area contributed by atoms with E-state index in [9.17, 15) is 4.79 Å². The van der Waals surface area contributed by atoms with Gasteiger partial charge in [0.2, 0.25) is 11.8 Å². The van der Waals surface area contributed by atoms with Crippen LogP contribution in [-0.4, -0.2) is 60.3 Å². The van der Waals surface area contributed by atoms with Crippen molar-refractivity contribution in [3.05, 3.63) is 41.2 Å². The molecule has 0 radical (unpaired) electrons. The van der Waals surface area contributed by atoms with Crippen molar-refractivity contribution in [1.82, 2.24) is 15.0 Å². The van der Waals surface area contributed by atoms with E-state index >= 15 is 0 Å². The van der Waals surface area contributed by atoms with E-state index in [0.29, 0.717) is 57.0 Å². The van der Waals surface area contributed by atoms with E-state index in [1.54, 1.807) is 6.07 Å². The van der Waals surface area contributed by atoms with Crippen LogP contribution in [0, 0.1) is 13.8 Å². The molecule has 0 aliphatic carbocycles. The zero-order valence-electron chi connectivity index (χ0n) is 17.2. The molecule has 3 heterocycles. The minimum atomic E-state index is -0.325. The fourth-order valence-electron chi connectivity index (χ4n) is 3.41. The quantitative estimate of drug-likeness (QED) is 0.569. The fourth-order valence-corrected chi connectivity index (χ4v) is 3.41. The van der Waals surface area contributed by atoms with Crippen molar-refractivity contribution in [1.29, 1.82) is 0 Å². The number of carbonyl (C=O) groups is 1. The van der Waals surface area contributed by atoms with Crippen molar-refractivity contribution in [3.63, 3.8) is 0 Å². The smallest absolute Gasteiger partial charge is 0.274 e. The number of anilines is 2. The molecule has 4 rings (SSSR count). The van der Waals surface area contributed by atoms with Crippen LogP contribution in [0.5, 0.6) is 5.88 Å². The summed E-state index contributed by atoms with van der Waals surface area (Å²) in [5, 5.41) is 4.01. The number of nitrogens with two attached hydrogens (primary N) is 1. The first-order valence-corrected chi connectivity index (χ1v) is 10.00. The van der Waals surface area contributed by atoms with Gasteiger partial charge in [0.1, 0.15) is 12.3 Å². The molecule has 1 aliphatic heterocycles. The first-order valence-electron chi connectivity index (χ1n) is 10.00. The molecule has 0 saturated carbocycles. The Balaban J connectivity index is 1.61. The summed E-state index contributed by atoms with van der Waals surface area (Å²) in [6, 6.07) is 7.33. The van der Waals surface area contributed by atoms with E-state index in [0.717, 1.165) is 22.2 Å². The lowest BCUT2D eigenvalue weighted by Crippen LogP contribution is -2.37. The first kappa shape index (κ1) is 20.1. The Bertz CT molecular complexity index is 1060. The lowest BCUT2D eigenvalue weighted by molar-refractivity contribution is 0.102. The number of nitrogens with one attached hydrogen (secondary N) is 2. The van der Waals surface area contributed by atoms with Gasteiger partial charge < -0.3 is 30.4 Å². The third kappa shape index (κ3) is 4.22. The van der Waals surface area contributed by atoms with Crippen LogP contribution in [-0.2, 0) is 4.74 Å². The molecule has 0 spiro atoms. The third-order valence-electron chi connectivity index (χ3n) is 5.15. The highest BCUT2D eigenvalue weighted by Crippen LogP contribution is 2.25. The molecule has 0 unspecified atom stereocenters. The van der Waals surface area contributed by atoms with Crippen molar-refractivity contribution in [2.24, 2.45) is 5.73 Å². The molecule has 9 nitrogen and oxygen atoms in total. The highest BCUT2D eigenvalue weighted by molar-refractivity contribution is 6.04. The minimum absolute atomic E-state index is 0.237. The number of carbonyl (C=O) groups excluding carboxylic acids is 1. The highest BCUT2D eigenvalue weighted by atomic mass is 16.5. The summed E-state index contributed by atoms with van der Waals surface area (Å²) in [5.41, 5.74) is 9.79. The van der Waals surface area contributed by atoms with Gasteiger partial charge in [-0.2, -0.15) is 4.98 Å². The average molecular weight is 410 g/mol. The van der Waals surface area contributed by atoms with Gasteiger partial charge in [-0.15, -0.1) is 0 Å². The van der Waals surface area contributed by atoms with E-state index in [-0.39, 0.29) is 11.6 Å². The molecule has 30 heavy (non-hydrogen) atoms. The number of aryl methyl sites for hydroxylation is 2. The normalized spacial score (nSPS) is 14.2. The largest absolute Gasteiger partial charge is 0.476 e. The van der Waals surface area contributed by atoms with Crippen LogP contribution in [0.3, 0.4) is 0 Å². The molecule has 1 amide bonds. The van der Waals surface area contributed by atoms with Gasteiger partial charge in [0, 0.05) is 48.0 Å². The van der Waals surface area contributed by atoms with E-state index in [1.807, 2.05) is 30.0 Å². The lowest BCUT2D eigenvalue weighted by atomic mass is 10.1. The summed E-state index contributed by atoms with van der Waals surface area (Å²) in [5.74, 6) is 0.453. The predicted molar refractivity (Wildman–Crippen MR) is 115 cm³/mol. The lowest BCUT2D eigenvalue weighted by Gasteiger charge is -2.27. The van der Waals surface area contributed by atoms with E-state index in [4.69, 9.17) is 15.2 Å². The molecule has 1 fully saturated rings. The molecule has 0 atom stereocenters. The highest BCUT2D eigenvalue weighted by Gasteiger charge is 2.19. The van der Waals surface area contributed by atoms with Gasteiger partial charge in [0.15, 0.2) is 0 Å². The predicted octanol–water partition coefficient (Wildman–Crippen LogP) is 2.00. The van der Waals surface area contributed by atoms with Crippen LogP contribution in [0.1, 0.15) is 21.7 Å². The van der Waals surface area contributed by atoms with Gasteiger partial charge >= 0.3 is 0 Å². The second-order valence-corrected chi connectivity index (χ2v) is 7.22. The number of aromatic nitrogens is 3. The summed E-state index contributed by atoms with van der Waals surface area (Å²) in [4.78, 5) is 27.2. The zero-order chi connectivity index (χ0) is 21.1. The van der Waals surface area contributed by atoms with Gasteiger partial charge in [-0.1, -0.05) is 0 Å². The summed E-state index contributed by atoms with van der Waals surface area (Å²) in [6.07, 6.45) is 0. The first-order chi connectivity index (χ1) is 14.5. The van der Waals surface area contributed by atoms with Crippen LogP contribution < -0.4 is 20.7 Å². The molecule has 158 valence electrons. The monoisotopic (exact) mass is 410 g/mol. The van der Waals surface area contributed by atoms with Crippen LogP contribution in [0.4, 0.5) is 11.6 Å². The Morgan fingerprint density at radius 2 is 2.07 bits per heavy atom. The van der Waals surface area contributed by atoms with Gasteiger partial charge in [0.25, 0.3) is 5.91 Å². The topological polar surface area (TPSA) is 118 Å². The number of amides is 1. The summed E-state index contributed by atoms with van der Waals surface area (Å²) >= 11 is 0. The molecular formula is C21H26N6O3. The third-order valence-corrected chi connectivity index (χ3v) is 5.15. The van der Waals surface area contributed by atoms with Gasteiger partial charge in [-0.3, -0.25) is 4.79 Å². The molecule has 9 heteroatoms. The fraction of sp³-hybridized carbons (Fsp3) is 0.381. The van der Waals surface area contributed by atoms with Crippen molar-refractivity contribution in [2.45, 2.75) is 13.8 Å². The Kier molecular flexibility index (Phi) is 5.82. The average Bonchev–Trinajstić information content (AvgIpc) is 3.06. The van der Waals surface area contributed by atoms with Gasteiger partial charge in [0.05, 0.1) is 13.2 Å². The minimum Gasteiger partial charge on any atom is -0.476 e. The van der Waals surface area contributed by atoms with Crippen molar-refractivity contribution in [2.75, 3.05) is 49.7 Å². The number of rotatable bonds is 6. The number of morpholine rings is 1. The maximum atomic E-state index is 13.0. The SMILES string of the molecule is Cc1[nH]c2ccc(NC(=O)c3cc(OCCN)nc(N4CCOCC4)n3)cc2c1C. The number of H-pyrrole nitrogens is 1. The van der Waals surface area contributed by atoms with Gasteiger partial charge in [-0.25, -0.2) is 4.98 Å². The van der Waals surface area contributed by atoms with Crippen LogP contribution in [0.25, 0.3) is 10.9 Å². The summed E-state index contributed by atoms with van der Waals surface area (Å²) in [7, 11) is 0. The maximum absolute atomic E-state index is 13.0. The Hall–Kier alpha value is -3.17. The zero-order valence-corrected chi connectivity index (χ0v) is 17.2. The van der Waals surface area contributed by atoms with Crippen LogP contribution in [0.15, 0.2) is 24.3 Å². The van der Waals surface area contributed by atoms with Gasteiger partial charge in [-0.05, 0) is 37.6 Å². The number of nitrogens with zero attached hydrogens (tertiary/aromatic N) is 3. The summed E-state index contributed by atoms with van der Waals surface area (Å²) in [6.45, 7) is 7.25. The van der Waals surface area contributed by atoms with E-state index in [2.05, 4.69) is 27.2 Å². The standard InChI is InChI=1S/C21H26N6O3/c1-13-14(2)23-17-4-3-15(11-16(13)17)24-20(28)18-12-19(30-8-5-22)26-21(25-18)27-6-9-29-10-7-27/h3-4,11-12,23H,5-10,22H2,1-2H3,(H,24,28). The second-order valence-electron chi connectivity index (χ2n) is 7.22. The number of aromatic amines is 1. The molecule has 3 aromatic rings. The molecule has 1 aromatic carbocycles. The van der Waals surface area contributed by atoms with Crippen LogP contribution in [0.2, 0.25) is 0 Å². The molecule has 2 aromatic heterocycles. The van der Waals surface area contributed by atoms with Crippen LogP contribution >= 0.6 is 0 Å². The Morgan fingerprint density at radius 3 is 2.83 bits per heavy atom. The van der Waals surface area contributed by atoms with E-state index in [1.165, 1.54) is 0 Å². The number of ether oxygens (including phenoxy) is 2. The molecule has 4 N–H and O–H groups in total. The Labute approximate surface area is 174 Å². The molecular weight excluding hydrogens is 384 g/mol. The van der Waals surface area contributed by atoms with Crippen molar-refractivity contribution < 1.29 is 14.3 Å². The molecule has 1 aliphatic rings. The molecule has 1 saturated heterocycles. The summed E-state index contributed by atoms with van der Waals surface area (Å²) < 4.78 is 11.0.